The molecule has 0 bridgehead atoms. The molecule has 2 aromatic rings. The maximum atomic E-state index is 12.1. The highest BCUT2D eigenvalue weighted by Gasteiger charge is 2.15. The Morgan fingerprint density at radius 1 is 1.23 bits per heavy atom. The standard InChI is InChI=1S/C17H22N4O/c1-21(2)16(13-6-4-3-5-7-13)12-20-17(22)10-15-9-8-14(18)11-19-15/h3-9,11,16H,10,12,18H2,1-2H3,(H,20,22). The van der Waals surface area contributed by atoms with Crippen LogP contribution in [0.4, 0.5) is 5.69 Å². The molecule has 0 saturated carbocycles. The number of hydrogen-bond acceptors (Lipinski definition) is 4. The third kappa shape index (κ3) is 4.56. The van der Waals surface area contributed by atoms with Gasteiger partial charge in [0.2, 0.25) is 5.91 Å². The Hall–Kier alpha value is -2.40. The molecular formula is C17H22N4O. The van der Waals surface area contributed by atoms with E-state index in [0.29, 0.717) is 17.9 Å². The summed E-state index contributed by atoms with van der Waals surface area (Å²) in [6.07, 6.45) is 1.82. The molecule has 116 valence electrons. The Morgan fingerprint density at radius 2 is 1.95 bits per heavy atom. The van der Waals surface area contributed by atoms with Gasteiger partial charge in [-0.15, -0.1) is 0 Å². The highest BCUT2D eigenvalue weighted by Crippen LogP contribution is 2.16. The largest absolute Gasteiger partial charge is 0.397 e. The maximum Gasteiger partial charge on any atom is 0.226 e. The molecule has 0 radical (unpaired) electrons. The molecule has 22 heavy (non-hydrogen) atoms. The second kappa shape index (κ2) is 7.56. The molecule has 2 rings (SSSR count). The topological polar surface area (TPSA) is 71.2 Å². The predicted molar refractivity (Wildman–Crippen MR) is 88.2 cm³/mol. The van der Waals surface area contributed by atoms with Crippen molar-refractivity contribution in [2.75, 3.05) is 26.4 Å². The molecule has 0 fully saturated rings. The fraction of sp³-hybridized carbons (Fsp3) is 0.294. The molecule has 1 heterocycles. The van der Waals surface area contributed by atoms with Crippen LogP contribution in [0, 0.1) is 0 Å². The number of nitrogen functional groups attached to an aromatic ring is 1. The van der Waals surface area contributed by atoms with Crippen molar-refractivity contribution < 1.29 is 4.79 Å². The van der Waals surface area contributed by atoms with Crippen molar-refractivity contribution in [1.29, 1.82) is 0 Å². The lowest BCUT2D eigenvalue weighted by Gasteiger charge is -2.25. The zero-order chi connectivity index (χ0) is 15.9. The Morgan fingerprint density at radius 3 is 2.55 bits per heavy atom. The summed E-state index contributed by atoms with van der Waals surface area (Å²) in [4.78, 5) is 18.3. The Kier molecular flexibility index (Phi) is 5.49. The first kappa shape index (κ1) is 16.0. The summed E-state index contributed by atoms with van der Waals surface area (Å²) in [5.74, 6) is -0.0416. The number of amides is 1. The number of likely N-dealkylation sites (N-methyl/N-ethyl adjacent to an activating group) is 1. The zero-order valence-electron chi connectivity index (χ0n) is 13.0. The SMILES string of the molecule is CN(C)C(CNC(=O)Cc1ccc(N)cn1)c1ccccc1. The lowest BCUT2D eigenvalue weighted by Crippen LogP contribution is -2.35. The highest BCUT2D eigenvalue weighted by atomic mass is 16.1. The van der Waals surface area contributed by atoms with E-state index in [0.717, 1.165) is 0 Å². The van der Waals surface area contributed by atoms with Crippen molar-refractivity contribution >= 4 is 11.6 Å². The summed E-state index contributed by atoms with van der Waals surface area (Å²) in [6.45, 7) is 0.560. The summed E-state index contributed by atoms with van der Waals surface area (Å²) in [5.41, 5.74) is 8.08. The van der Waals surface area contributed by atoms with Gasteiger partial charge in [-0.1, -0.05) is 30.3 Å². The number of benzene rings is 1. The van der Waals surface area contributed by atoms with Crippen molar-refractivity contribution in [3.05, 3.63) is 59.9 Å². The van der Waals surface area contributed by atoms with Crippen LogP contribution < -0.4 is 11.1 Å². The Balaban J connectivity index is 1.92. The average molecular weight is 298 g/mol. The molecule has 1 amide bonds. The summed E-state index contributed by atoms with van der Waals surface area (Å²) >= 11 is 0. The number of carbonyl (C=O) groups excluding carboxylic acids is 1. The van der Waals surface area contributed by atoms with Gasteiger partial charge < -0.3 is 16.0 Å². The maximum absolute atomic E-state index is 12.1. The number of nitrogens with two attached hydrogens (primary N) is 1. The van der Waals surface area contributed by atoms with E-state index in [1.165, 1.54) is 5.56 Å². The van der Waals surface area contributed by atoms with E-state index < -0.39 is 0 Å². The van der Waals surface area contributed by atoms with E-state index >= 15 is 0 Å². The monoisotopic (exact) mass is 298 g/mol. The molecule has 0 aliphatic rings. The molecule has 0 spiro atoms. The second-order valence-corrected chi connectivity index (χ2v) is 5.45. The number of rotatable bonds is 6. The van der Waals surface area contributed by atoms with Crippen molar-refractivity contribution in [3.8, 4) is 0 Å². The molecule has 1 atom stereocenters. The number of nitrogens with one attached hydrogen (secondary N) is 1. The minimum absolute atomic E-state index is 0.0416. The first-order valence-electron chi connectivity index (χ1n) is 7.24. The molecular weight excluding hydrogens is 276 g/mol. The van der Waals surface area contributed by atoms with Gasteiger partial charge in [-0.25, -0.2) is 0 Å². The van der Waals surface area contributed by atoms with Gasteiger partial charge in [-0.05, 0) is 31.8 Å². The van der Waals surface area contributed by atoms with Crippen molar-refractivity contribution in [3.63, 3.8) is 0 Å². The minimum atomic E-state index is -0.0416. The van der Waals surface area contributed by atoms with E-state index in [1.54, 1.807) is 18.3 Å². The molecule has 0 aliphatic heterocycles. The molecule has 1 unspecified atom stereocenters. The van der Waals surface area contributed by atoms with E-state index in [9.17, 15) is 4.79 Å². The Labute approximate surface area is 131 Å². The lowest BCUT2D eigenvalue weighted by molar-refractivity contribution is -0.120. The zero-order valence-corrected chi connectivity index (χ0v) is 13.0. The van der Waals surface area contributed by atoms with E-state index in [-0.39, 0.29) is 18.4 Å². The first-order valence-corrected chi connectivity index (χ1v) is 7.24. The smallest absolute Gasteiger partial charge is 0.226 e. The van der Waals surface area contributed by atoms with Gasteiger partial charge in [0, 0.05) is 12.2 Å². The third-order valence-electron chi connectivity index (χ3n) is 3.49. The van der Waals surface area contributed by atoms with E-state index in [1.807, 2.05) is 32.3 Å². The summed E-state index contributed by atoms with van der Waals surface area (Å²) in [7, 11) is 4.01. The molecule has 1 aromatic carbocycles. The number of nitrogens with zero attached hydrogens (tertiary/aromatic N) is 2. The van der Waals surface area contributed by atoms with Gasteiger partial charge in [-0.3, -0.25) is 9.78 Å². The van der Waals surface area contributed by atoms with Crippen molar-refractivity contribution in [1.82, 2.24) is 15.2 Å². The molecule has 3 N–H and O–H groups in total. The summed E-state index contributed by atoms with van der Waals surface area (Å²) in [6, 6.07) is 13.8. The fourth-order valence-electron chi connectivity index (χ4n) is 2.25. The van der Waals surface area contributed by atoms with Crippen LogP contribution >= 0.6 is 0 Å². The number of pyridine rings is 1. The second-order valence-electron chi connectivity index (χ2n) is 5.45. The van der Waals surface area contributed by atoms with Gasteiger partial charge >= 0.3 is 0 Å². The average Bonchev–Trinajstić information content (AvgIpc) is 2.50. The third-order valence-corrected chi connectivity index (χ3v) is 3.49. The summed E-state index contributed by atoms with van der Waals surface area (Å²) < 4.78 is 0. The van der Waals surface area contributed by atoms with Crippen LogP contribution in [0.5, 0.6) is 0 Å². The van der Waals surface area contributed by atoms with Crippen molar-refractivity contribution in [2.45, 2.75) is 12.5 Å². The molecule has 5 heteroatoms. The van der Waals surface area contributed by atoms with Crippen LogP contribution in [0.1, 0.15) is 17.3 Å². The quantitative estimate of drug-likeness (QED) is 0.850. The van der Waals surface area contributed by atoms with Crippen LogP contribution in [0.2, 0.25) is 0 Å². The first-order chi connectivity index (χ1) is 10.6. The predicted octanol–water partition coefficient (Wildman–Crippen LogP) is 1.63. The van der Waals surface area contributed by atoms with Crippen LogP contribution in [0.25, 0.3) is 0 Å². The molecule has 1 aromatic heterocycles. The van der Waals surface area contributed by atoms with E-state index in [2.05, 4.69) is 27.3 Å². The normalized spacial score (nSPS) is 12.1. The molecule has 5 nitrogen and oxygen atoms in total. The molecule has 0 saturated heterocycles. The van der Waals surface area contributed by atoms with Crippen LogP contribution in [-0.2, 0) is 11.2 Å². The number of carbonyl (C=O) groups is 1. The van der Waals surface area contributed by atoms with E-state index in [4.69, 9.17) is 5.73 Å². The number of aromatic nitrogens is 1. The van der Waals surface area contributed by atoms with Gasteiger partial charge in [0.15, 0.2) is 0 Å². The van der Waals surface area contributed by atoms with Gasteiger partial charge in [-0.2, -0.15) is 0 Å². The van der Waals surface area contributed by atoms with Crippen molar-refractivity contribution in [2.24, 2.45) is 0 Å². The summed E-state index contributed by atoms with van der Waals surface area (Å²) in [5, 5.41) is 2.97. The number of anilines is 1. The van der Waals surface area contributed by atoms with Gasteiger partial charge in [0.05, 0.1) is 24.3 Å². The van der Waals surface area contributed by atoms with Crippen LogP contribution in [0.3, 0.4) is 0 Å². The van der Waals surface area contributed by atoms with Crippen LogP contribution in [0.15, 0.2) is 48.7 Å². The Bertz CT molecular complexity index is 596. The lowest BCUT2D eigenvalue weighted by atomic mass is 10.1. The molecule has 0 aliphatic carbocycles. The minimum Gasteiger partial charge on any atom is -0.397 e. The van der Waals surface area contributed by atoms with Gasteiger partial charge in [0.25, 0.3) is 0 Å². The highest BCUT2D eigenvalue weighted by molar-refractivity contribution is 5.78. The fourth-order valence-corrected chi connectivity index (χ4v) is 2.25. The van der Waals surface area contributed by atoms with Crippen LogP contribution in [-0.4, -0.2) is 36.4 Å². The van der Waals surface area contributed by atoms with Gasteiger partial charge in [0.1, 0.15) is 0 Å². The number of hydrogen-bond donors (Lipinski definition) is 2.